The van der Waals surface area contributed by atoms with E-state index < -0.39 is 0 Å². The van der Waals surface area contributed by atoms with Crippen molar-refractivity contribution in [2.45, 2.75) is 40.2 Å². The molecule has 4 heteroatoms. The van der Waals surface area contributed by atoms with Gasteiger partial charge in [0.25, 0.3) is 0 Å². The number of hydrogen-bond donors (Lipinski definition) is 0. The van der Waals surface area contributed by atoms with Crippen LogP contribution in [0.5, 0.6) is 11.5 Å². The predicted octanol–water partition coefficient (Wildman–Crippen LogP) is 3.02. The van der Waals surface area contributed by atoms with Crippen molar-refractivity contribution in [1.82, 2.24) is 4.90 Å². The van der Waals surface area contributed by atoms with Crippen LogP contribution in [0, 0.1) is 5.41 Å². The maximum atomic E-state index is 12.4. The van der Waals surface area contributed by atoms with Gasteiger partial charge in [0.15, 0.2) is 11.5 Å². The molecule has 1 amide bonds. The van der Waals surface area contributed by atoms with Crippen molar-refractivity contribution in [2.75, 3.05) is 20.8 Å². The summed E-state index contributed by atoms with van der Waals surface area (Å²) < 4.78 is 10.7. The van der Waals surface area contributed by atoms with Crippen LogP contribution in [-0.4, -0.2) is 31.6 Å². The second-order valence-electron chi connectivity index (χ2n) is 6.78. The van der Waals surface area contributed by atoms with Gasteiger partial charge in [-0.25, -0.2) is 0 Å². The fourth-order valence-electron chi connectivity index (χ4n) is 2.66. The van der Waals surface area contributed by atoms with E-state index in [2.05, 4.69) is 20.8 Å². The first-order chi connectivity index (χ1) is 9.84. The number of benzene rings is 1. The Morgan fingerprint density at radius 2 is 1.71 bits per heavy atom. The summed E-state index contributed by atoms with van der Waals surface area (Å²) in [5.74, 6) is 1.70. The van der Waals surface area contributed by atoms with Crippen LogP contribution in [0.3, 0.4) is 0 Å². The highest BCUT2D eigenvalue weighted by molar-refractivity contribution is 5.77. The van der Waals surface area contributed by atoms with Gasteiger partial charge in [-0.3, -0.25) is 4.79 Å². The molecule has 1 aromatic carbocycles. The molecular weight excluding hydrogens is 266 g/mol. The topological polar surface area (TPSA) is 38.8 Å². The van der Waals surface area contributed by atoms with Gasteiger partial charge < -0.3 is 14.4 Å². The molecule has 1 aromatic rings. The molecule has 1 aliphatic rings. The number of carbonyl (C=O) groups is 1. The number of carbonyl (C=O) groups excluding carboxylic acids is 1. The Morgan fingerprint density at radius 1 is 1.14 bits per heavy atom. The van der Waals surface area contributed by atoms with Gasteiger partial charge in [-0.1, -0.05) is 20.8 Å². The van der Waals surface area contributed by atoms with Crippen molar-refractivity contribution in [3.63, 3.8) is 0 Å². The van der Waals surface area contributed by atoms with Crippen LogP contribution in [0.4, 0.5) is 0 Å². The highest BCUT2D eigenvalue weighted by Gasteiger charge is 2.25. The van der Waals surface area contributed by atoms with E-state index in [-0.39, 0.29) is 11.3 Å². The predicted molar refractivity (Wildman–Crippen MR) is 82.7 cm³/mol. The number of ether oxygens (including phenoxy) is 2. The van der Waals surface area contributed by atoms with E-state index in [1.807, 2.05) is 17.0 Å². The molecule has 0 aliphatic carbocycles. The minimum atomic E-state index is 0.0228. The smallest absolute Gasteiger partial charge is 0.223 e. The molecule has 1 heterocycles. The number of nitrogens with zero attached hydrogens (tertiary/aromatic N) is 1. The zero-order chi connectivity index (χ0) is 15.6. The summed E-state index contributed by atoms with van der Waals surface area (Å²) in [7, 11) is 3.28. The van der Waals surface area contributed by atoms with Crippen molar-refractivity contribution in [3.8, 4) is 11.5 Å². The van der Waals surface area contributed by atoms with E-state index in [1.54, 1.807) is 14.2 Å². The minimum absolute atomic E-state index is 0.0228. The first-order valence-corrected chi connectivity index (χ1v) is 7.35. The lowest BCUT2D eigenvalue weighted by molar-refractivity contribution is -0.134. The number of fused-ring (bicyclic) bond motifs is 1. The lowest BCUT2D eigenvalue weighted by atomic mass is 9.90. The van der Waals surface area contributed by atoms with Crippen LogP contribution in [0.2, 0.25) is 0 Å². The standard InChI is InChI=1S/C17H25NO3/c1-17(2,3)10-16(19)18-7-6-12-8-14(20-4)15(21-5)9-13(12)11-18/h8-9H,6-7,10-11H2,1-5H3. The van der Waals surface area contributed by atoms with E-state index in [9.17, 15) is 4.79 Å². The molecule has 0 radical (unpaired) electrons. The molecular formula is C17H25NO3. The molecule has 0 aromatic heterocycles. The highest BCUT2D eigenvalue weighted by Crippen LogP contribution is 2.33. The first-order valence-electron chi connectivity index (χ1n) is 7.35. The normalized spacial score (nSPS) is 14.6. The quantitative estimate of drug-likeness (QED) is 0.859. The van der Waals surface area contributed by atoms with E-state index in [0.717, 1.165) is 30.0 Å². The van der Waals surface area contributed by atoms with Gasteiger partial charge in [0, 0.05) is 19.5 Å². The molecule has 21 heavy (non-hydrogen) atoms. The molecule has 0 N–H and O–H groups in total. The molecule has 4 nitrogen and oxygen atoms in total. The average Bonchev–Trinajstić information content (AvgIpc) is 2.43. The van der Waals surface area contributed by atoms with Crippen LogP contribution < -0.4 is 9.47 Å². The first kappa shape index (κ1) is 15.7. The van der Waals surface area contributed by atoms with E-state index in [1.165, 1.54) is 5.56 Å². The maximum absolute atomic E-state index is 12.4. The van der Waals surface area contributed by atoms with E-state index >= 15 is 0 Å². The van der Waals surface area contributed by atoms with Gasteiger partial charge in [-0.15, -0.1) is 0 Å². The molecule has 0 saturated heterocycles. The Morgan fingerprint density at radius 3 is 2.24 bits per heavy atom. The van der Waals surface area contributed by atoms with Crippen LogP contribution in [0.25, 0.3) is 0 Å². The maximum Gasteiger partial charge on any atom is 0.223 e. The fraction of sp³-hybridized carbons (Fsp3) is 0.588. The zero-order valence-electron chi connectivity index (χ0n) is 13.7. The third-order valence-corrected chi connectivity index (χ3v) is 3.75. The van der Waals surface area contributed by atoms with Crippen molar-refractivity contribution in [2.24, 2.45) is 5.41 Å². The Kier molecular flexibility index (Phi) is 4.45. The van der Waals surface area contributed by atoms with Crippen LogP contribution in [0.15, 0.2) is 12.1 Å². The number of methoxy groups -OCH3 is 2. The largest absolute Gasteiger partial charge is 0.493 e. The zero-order valence-corrected chi connectivity index (χ0v) is 13.7. The fourth-order valence-corrected chi connectivity index (χ4v) is 2.66. The number of hydrogen-bond acceptors (Lipinski definition) is 3. The molecule has 0 spiro atoms. The van der Waals surface area contributed by atoms with Crippen molar-refractivity contribution < 1.29 is 14.3 Å². The summed E-state index contributed by atoms with van der Waals surface area (Å²) in [5, 5.41) is 0. The van der Waals surface area contributed by atoms with Gasteiger partial charge in [0.05, 0.1) is 14.2 Å². The lowest BCUT2D eigenvalue weighted by Gasteiger charge is -2.31. The van der Waals surface area contributed by atoms with Crippen molar-refractivity contribution in [3.05, 3.63) is 23.3 Å². The third kappa shape index (κ3) is 3.69. The Labute approximate surface area is 127 Å². The van der Waals surface area contributed by atoms with Crippen molar-refractivity contribution in [1.29, 1.82) is 0 Å². The van der Waals surface area contributed by atoms with Gasteiger partial charge >= 0.3 is 0 Å². The minimum Gasteiger partial charge on any atom is -0.493 e. The van der Waals surface area contributed by atoms with Crippen LogP contribution in [-0.2, 0) is 17.8 Å². The second-order valence-corrected chi connectivity index (χ2v) is 6.78. The monoisotopic (exact) mass is 291 g/mol. The van der Waals surface area contributed by atoms with Crippen LogP contribution in [0.1, 0.15) is 38.3 Å². The third-order valence-electron chi connectivity index (χ3n) is 3.75. The highest BCUT2D eigenvalue weighted by atomic mass is 16.5. The number of rotatable bonds is 3. The summed E-state index contributed by atoms with van der Waals surface area (Å²) in [5.41, 5.74) is 2.42. The Balaban J connectivity index is 2.18. The Bertz CT molecular complexity index is 532. The molecule has 0 bridgehead atoms. The van der Waals surface area contributed by atoms with Gasteiger partial charge in [0.2, 0.25) is 5.91 Å². The summed E-state index contributed by atoms with van der Waals surface area (Å²) >= 11 is 0. The molecule has 1 aliphatic heterocycles. The van der Waals surface area contributed by atoms with Gasteiger partial charge in [0.1, 0.15) is 0 Å². The van der Waals surface area contributed by atoms with Crippen LogP contribution >= 0.6 is 0 Å². The summed E-state index contributed by atoms with van der Waals surface area (Å²) in [6, 6.07) is 4.02. The van der Waals surface area contributed by atoms with Gasteiger partial charge in [-0.2, -0.15) is 0 Å². The summed E-state index contributed by atoms with van der Waals surface area (Å²) in [4.78, 5) is 14.3. The van der Waals surface area contributed by atoms with Gasteiger partial charge in [-0.05, 0) is 35.1 Å². The lowest BCUT2D eigenvalue weighted by Crippen LogP contribution is -2.37. The molecule has 0 saturated carbocycles. The van der Waals surface area contributed by atoms with Crippen molar-refractivity contribution >= 4 is 5.91 Å². The summed E-state index contributed by atoms with van der Waals surface area (Å²) in [6.07, 6.45) is 1.45. The summed E-state index contributed by atoms with van der Waals surface area (Å²) in [6.45, 7) is 7.71. The average molecular weight is 291 g/mol. The SMILES string of the molecule is COc1cc2c(cc1OC)CN(C(=O)CC(C)(C)C)CC2. The number of amides is 1. The van der Waals surface area contributed by atoms with E-state index in [4.69, 9.17) is 9.47 Å². The molecule has 2 rings (SSSR count). The Hall–Kier alpha value is -1.71. The molecule has 116 valence electrons. The molecule has 0 unspecified atom stereocenters. The van der Waals surface area contributed by atoms with E-state index in [0.29, 0.717) is 13.0 Å². The molecule has 0 atom stereocenters. The molecule has 0 fully saturated rings. The second kappa shape index (κ2) is 5.96.